The predicted molar refractivity (Wildman–Crippen MR) is 60.3 cm³/mol. The summed E-state index contributed by atoms with van der Waals surface area (Å²) in [6, 6.07) is 7.76. The second-order valence-corrected chi connectivity index (χ2v) is 3.27. The summed E-state index contributed by atoms with van der Waals surface area (Å²) >= 11 is 5.64. The van der Waals surface area contributed by atoms with Crippen LogP contribution in [0.4, 0.5) is 0 Å². The zero-order chi connectivity index (χ0) is 11.7. The summed E-state index contributed by atoms with van der Waals surface area (Å²) in [7, 11) is 0. The zero-order valence-corrected chi connectivity index (χ0v) is 9.62. The molecule has 0 radical (unpaired) electrons. The number of benzene rings is 1. The van der Waals surface area contributed by atoms with Crippen LogP contribution in [0.2, 0.25) is 5.02 Å². The fourth-order valence-electron chi connectivity index (χ4n) is 0.795. The Morgan fingerprint density at radius 3 is 2.47 bits per heavy atom. The lowest BCUT2D eigenvalue weighted by molar-refractivity contribution is -0.142. The first-order chi connectivity index (χ1) is 7.06. The lowest BCUT2D eigenvalue weighted by Crippen LogP contribution is -2.05. The first-order valence-corrected chi connectivity index (χ1v) is 4.95. The van der Waals surface area contributed by atoms with Crippen molar-refractivity contribution in [1.82, 2.24) is 0 Å². The maximum absolute atomic E-state index is 9.63. The van der Waals surface area contributed by atoms with E-state index in [0.29, 0.717) is 6.61 Å². The molecule has 0 aromatic heterocycles. The maximum atomic E-state index is 9.63. The number of hydrogen-bond acceptors (Lipinski definition) is 2. The van der Waals surface area contributed by atoms with Crippen LogP contribution in [0.5, 0.6) is 0 Å². The highest BCUT2D eigenvalue weighted by Gasteiger charge is 1.90. The molecule has 0 aliphatic rings. The van der Waals surface area contributed by atoms with Gasteiger partial charge in [0.2, 0.25) is 0 Å². The van der Waals surface area contributed by atoms with Gasteiger partial charge >= 0.3 is 5.97 Å². The average molecular weight is 231 g/mol. The largest absolute Gasteiger partial charge is 0.480 e. The molecule has 0 fully saturated rings. The lowest BCUT2D eigenvalue weighted by Gasteiger charge is -1.90. The van der Waals surface area contributed by atoms with E-state index in [2.05, 4.69) is 4.74 Å². The smallest absolute Gasteiger partial charge is 0.329 e. The van der Waals surface area contributed by atoms with Crippen molar-refractivity contribution in [2.45, 2.75) is 13.8 Å². The third-order valence-electron chi connectivity index (χ3n) is 1.41. The number of aryl methyl sites for hydroxylation is 1. The molecule has 1 rings (SSSR count). The monoisotopic (exact) mass is 230 g/mol. The molecule has 0 aliphatic heterocycles. The van der Waals surface area contributed by atoms with Gasteiger partial charge in [0.15, 0.2) is 0 Å². The van der Waals surface area contributed by atoms with Crippen molar-refractivity contribution in [3.8, 4) is 0 Å². The van der Waals surface area contributed by atoms with Gasteiger partial charge in [-0.3, -0.25) is 0 Å². The van der Waals surface area contributed by atoms with Crippen molar-refractivity contribution < 1.29 is 14.6 Å². The molecule has 0 spiro atoms. The number of ether oxygens (including phenoxy) is 1. The van der Waals surface area contributed by atoms with Crippen LogP contribution in [0.25, 0.3) is 0 Å². The van der Waals surface area contributed by atoms with Gasteiger partial charge in [-0.1, -0.05) is 23.7 Å². The van der Waals surface area contributed by atoms with Crippen LogP contribution in [0, 0.1) is 6.92 Å². The number of rotatable bonds is 3. The summed E-state index contributed by atoms with van der Waals surface area (Å²) in [5.41, 5.74) is 1.21. The van der Waals surface area contributed by atoms with Crippen LogP contribution in [-0.4, -0.2) is 24.3 Å². The highest BCUT2D eigenvalue weighted by Crippen LogP contribution is 2.08. The minimum absolute atomic E-state index is 0.184. The molecule has 0 saturated carbocycles. The van der Waals surface area contributed by atoms with Gasteiger partial charge in [0, 0.05) is 11.6 Å². The minimum Gasteiger partial charge on any atom is -0.480 e. The fourth-order valence-corrected chi connectivity index (χ4v) is 1.04. The first-order valence-electron chi connectivity index (χ1n) is 4.58. The third kappa shape index (κ3) is 9.25. The Morgan fingerprint density at radius 2 is 2.20 bits per heavy atom. The molecular formula is C11H15ClO3. The number of halogens is 1. The maximum Gasteiger partial charge on any atom is 0.329 e. The van der Waals surface area contributed by atoms with Gasteiger partial charge in [0.05, 0.1) is 0 Å². The van der Waals surface area contributed by atoms with Crippen molar-refractivity contribution >= 4 is 17.6 Å². The van der Waals surface area contributed by atoms with Gasteiger partial charge in [-0.15, -0.1) is 0 Å². The first kappa shape index (κ1) is 13.9. The predicted octanol–water partition coefficient (Wildman–Crippen LogP) is 2.76. The van der Waals surface area contributed by atoms with Gasteiger partial charge in [-0.05, 0) is 31.5 Å². The Morgan fingerprint density at radius 1 is 1.53 bits per heavy atom. The Kier molecular flexibility index (Phi) is 7.68. The molecule has 0 aliphatic carbocycles. The van der Waals surface area contributed by atoms with Gasteiger partial charge in [0.1, 0.15) is 6.61 Å². The lowest BCUT2D eigenvalue weighted by atomic mass is 10.2. The number of carboxylic acid groups (broad SMARTS) is 1. The van der Waals surface area contributed by atoms with E-state index in [9.17, 15) is 4.79 Å². The fraction of sp³-hybridized carbons (Fsp3) is 0.364. The Bertz CT molecular complexity index is 282. The van der Waals surface area contributed by atoms with E-state index in [1.807, 2.05) is 31.2 Å². The van der Waals surface area contributed by atoms with Crippen molar-refractivity contribution in [3.05, 3.63) is 34.9 Å². The standard InChI is InChI=1S/C7H7Cl.C4H8O3/c1-6-3-2-4-7(8)5-6;1-2-7-3-4(5)6/h2-5H,1H3;2-3H2,1H3,(H,5,6). The molecule has 0 heterocycles. The number of carboxylic acids is 1. The minimum atomic E-state index is -0.915. The van der Waals surface area contributed by atoms with E-state index in [0.717, 1.165) is 5.02 Å². The highest BCUT2D eigenvalue weighted by molar-refractivity contribution is 6.30. The normalized spacial score (nSPS) is 9.00. The summed E-state index contributed by atoms with van der Waals surface area (Å²) in [6.07, 6.45) is 0. The van der Waals surface area contributed by atoms with E-state index >= 15 is 0 Å². The molecule has 1 aromatic rings. The van der Waals surface area contributed by atoms with Crippen molar-refractivity contribution in [2.24, 2.45) is 0 Å². The average Bonchev–Trinajstić information content (AvgIpc) is 2.15. The van der Waals surface area contributed by atoms with E-state index in [-0.39, 0.29) is 6.61 Å². The van der Waals surface area contributed by atoms with Crippen LogP contribution >= 0.6 is 11.6 Å². The molecule has 0 unspecified atom stereocenters. The van der Waals surface area contributed by atoms with Gasteiger partial charge in [0.25, 0.3) is 0 Å². The van der Waals surface area contributed by atoms with E-state index < -0.39 is 5.97 Å². The Balaban J connectivity index is 0.000000265. The molecule has 0 bridgehead atoms. The van der Waals surface area contributed by atoms with E-state index in [4.69, 9.17) is 16.7 Å². The molecular weight excluding hydrogens is 216 g/mol. The second-order valence-electron chi connectivity index (χ2n) is 2.83. The van der Waals surface area contributed by atoms with Crippen molar-refractivity contribution in [3.63, 3.8) is 0 Å². The molecule has 15 heavy (non-hydrogen) atoms. The van der Waals surface area contributed by atoms with Crippen LogP contribution in [0.1, 0.15) is 12.5 Å². The number of aliphatic carboxylic acids is 1. The van der Waals surface area contributed by atoms with Crippen LogP contribution in [0.3, 0.4) is 0 Å². The topological polar surface area (TPSA) is 46.5 Å². The summed E-state index contributed by atoms with van der Waals surface area (Å²) in [5.74, 6) is -0.915. The SMILES string of the molecule is CCOCC(=O)O.Cc1cccc(Cl)c1. The highest BCUT2D eigenvalue weighted by atomic mass is 35.5. The van der Waals surface area contributed by atoms with Crippen LogP contribution < -0.4 is 0 Å². The Labute approximate surface area is 94.6 Å². The Hall–Kier alpha value is -1.06. The molecule has 0 atom stereocenters. The molecule has 84 valence electrons. The van der Waals surface area contributed by atoms with E-state index in [1.165, 1.54) is 5.56 Å². The quantitative estimate of drug-likeness (QED) is 0.869. The molecule has 0 saturated heterocycles. The van der Waals surface area contributed by atoms with Gasteiger partial charge in [-0.2, -0.15) is 0 Å². The second kappa shape index (κ2) is 8.26. The van der Waals surface area contributed by atoms with Crippen LogP contribution in [-0.2, 0) is 9.53 Å². The zero-order valence-electron chi connectivity index (χ0n) is 8.87. The van der Waals surface area contributed by atoms with Gasteiger partial charge in [-0.25, -0.2) is 4.79 Å². The van der Waals surface area contributed by atoms with E-state index in [1.54, 1.807) is 6.92 Å². The number of hydrogen-bond donors (Lipinski definition) is 1. The molecule has 3 nitrogen and oxygen atoms in total. The summed E-state index contributed by atoms with van der Waals surface area (Å²) in [5, 5.41) is 8.73. The summed E-state index contributed by atoms with van der Waals surface area (Å²) < 4.78 is 4.50. The van der Waals surface area contributed by atoms with Crippen molar-refractivity contribution in [1.29, 1.82) is 0 Å². The number of carbonyl (C=O) groups is 1. The molecule has 1 N–H and O–H groups in total. The summed E-state index contributed by atoms with van der Waals surface area (Å²) in [4.78, 5) is 9.63. The molecule has 0 amide bonds. The molecule has 1 aromatic carbocycles. The third-order valence-corrected chi connectivity index (χ3v) is 1.64. The summed E-state index contributed by atoms with van der Waals surface area (Å²) in [6.45, 7) is 4.05. The van der Waals surface area contributed by atoms with Crippen molar-refractivity contribution in [2.75, 3.05) is 13.2 Å². The van der Waals surface area contributed by atoms with Crippen LogP contribution in [0.15, 0.2) is 24.3 Å². The molecule has 4 heteroatoms. The van der Waals surface area contributed by atoms with Gasteiger partial charge < -0.3 is 9.84 Å².